The molecule has 0 bridgehead atoms. The molecule has 0 aliphatic carbocycles. The lowest BCUT2D eigenvalue weighted by Gasteiger charge is -2.25. The van der Waals surface area contributed by atoms with E-state index in [0.717, 1.165) is 10.5 Å². The summed E-state index contributed by atoms with van der Waals surface area (Å²) in [5, 5.41) is -0.346. The number of nitrogens with zero attached hydrogens (tertiary/aromatic N) is 4. The summed E-state index contributed by atoms with van der Waals surface area (Å²) in [4.78, 5) is 13.5. The van der Waals surface area contributed by atoms with Crippen molar-refractivity contribution in [2.24, 2.45) is 0 Å². The van der Waals surface area contributed by atoms with Crippen molar-refractivity contribution in [3.63, 3.8) is 0 Å². The number of nitrogens with two attached hydrogens (primary N) is 1. The summed E-state index contributed by atoms with van der Waals surface area (Å²) in [6.07, 6.45) is 1.28. The fourth-order valence-electron chi connectivity index (χ4n) is 5.03. The fraction of sp³-hybridized carbons (Fsp3) is 0.370. The van der Waals surface area contributed by atoms with E-state index >= 15 is 0 Å². The van der Waals surface area contributed by atoms with Gasteiger partial charge in [0, 0.05) is 4.90 Å². The highest BCUT2D eigenvalue weighted by atomic mass is 32.2. The van der Waals surface area contributed by atoms with E-state index in [1.807, 2.05) is 74.5 Å². The number of benzene rings is 2. The van der Waals surface area contributed by atoms with Gasteiger partial charge in [-0.05, 0) is 31.5 Å². The summed E-state index contributed by atoms with van der Waals surface area (Å²) in [6.45, 7) is 4.23. The third kappa shape index (κ3) is 4.72. The highest BCUT2D eigenvalue weighted by Crippen LogP contribution is 2.44. The van der Waals surface area contributed by atoms with Gasteiger partial charge in [-0.1, -0.05) is 48.5 Å². The number of imidazole rings is 1. The van der Waals surface area contributed by atoms with Crippen molar-refractivity contribution in [2.45, 2.75) is 54.3 Å². The number of fused-ring (bicyclic) bond motifs is 2. The molecular weight excluding hydrogens is 506 g/mol. The molecule has 11 heteroatoms. The van der Waals surface area contributed by atoms with Crippen LogP contribution in [-0.2, 0) is 29.7 Å². The van der Waals surface area contributed by atoms with Crippen LogP contribution in [0.15, 0.2) is 78.2 Å². The van der Waals surface area contributed by atoms with Crippen LogP contribution in [0, 0.1) is 0 Å². The molecule has 2 fully saturated rings. The van der Waals surface area contributed by atoms with E-state index in [-0.39, 0.29) is 24.6 Å². The van der Waals surface area contributed by atoms with Crippen LogP contribution in [0.3, 0.4) is 0 Å². The first kappa shape index (κ1) is 25.1. The van der Waals surface area contributed by atoms with Crippen LogP contribution in [0.5, 0.6) is 0 Å². The van der Waals surface area contributed by atoms with Gasteiger partial charge in [0.05, 0.1) is 35.6 Å². The molecule has 2 aromatic heterocycles. The Morgan fingerprint density at radius 1 is 1.03 bits per heavy atom. The van der Waals surface area contributed by atoms with E-state index in [2.05, 4.69) is 15.0 Å². The lowest BCUT2D eigenvalue weighted by Crippen LogP contribution is -2.33. The van der Waals surface area contributed by atoms with Crippen LogP contribution in [0.2, 0.25) is 0 Å². The standard InChI is InChI=1S/C27H29N5O5S/c1-27(2)36-22-19(35-26(23(22)37-27)32-16-31-21-24(28)29-15-30-25(21)32)13-34-14-20(17-9-5-3-6-10-17)38(33)18-11-7-4-8-12-18/h3-12,15-16,19-20,22-23,26H,13-14H2,1-2H3,(H2,28,29,30)/t19?,20-,22+,23+,26+,38-/m0/s1. The Labute approximate surface area is 222 Å². The topological polar surface area (TPSA) is 124 Å². The second kappa shape index (κ2) is 10.2. The molecule has 1 unspecified atom stereocenters. The molecule has 2 aliphatic heterocycles. The Hall–Kier alpha value is -3.22. The van der Waals surface area contributed by atoms with Gasteiger partial charge in [0.15, 0.2) is 23.5 Å². The van der Waals surface area contributed by atoms with Crippen molar-refractivity contribution >= 4 is 27.8 Å². The summed E-state index contributed by atoms with van der Waals surface area (Å²) >= 11 is 0. The normalized spacial score (nSPS) is 25.8. The molecule has 4 heterocycles. The average Bonchev–Trinajstić information content (AvgIpc) is 3.59. The minimum absolute atomic E-state index is 0.232. The van der Waals surface area contributed by atoms with E-state index < -0.39 is 35.0 Å². The van der Waals surface area contributed by atoms with Gasteiger partial charge < -0.3 is 24.7 Å². The lowest BCUT2D eigenvalue weighted by atomic mass is 10.1. The van der Waals surface area contributed by atoms with Crippen molar-refractivity contribution in [3.8, 4) is 0 Å². The zero-order chi connectivity index (χ0) is 26.3. The molecule has 6 atom stereocenters. The number of nitrogen functional groups attached to an aromatic ring is 1. The minimum Gasteiger partial charge on any atom is -0.382 e. The molecule has 6 rings (SSSR count). The largest absolute Gasteiger partial charge is 0.382 e. The van der Waals surface area contributed by atoms with Gasteiger partial charge in [-0.3, -0.25) is 8.78 Å². The Kier molecular flexibility index (Phi) is 6.70. The van der Waals surface area contributed by atoms with Crippen LogP contribution in [-0.4, -0.2) is 61.0 Å². The number of anilines is 1. The number of hydrogen-bond acceptors (Lipinski definition) is 9. The number of aromatic nitrogens is 4. The molecule has 38 heavy (non-hydrogen) atoms. The smallest absolute Gasteiger partial charge is 0.167 e. The van der Waals surface area contributed by atoms with Gasteiger partial charge in [0.1, 0.15) is 30.2 Å². The molecule has 198 valence electrons. The monoisotopic (exact) mass is 535 g/mol. The van der Waals surface area contributed by atoms with Gasteiger partial charge in [-0.15, -0.1) is 0 Å². The first-order valence-corrected chi connectivity index (χ1v) is 13.6. The highest BCUT2D eigenvalue weighted by molar-refractivity contribution is 7.85. The number of rotatable bonds is 8. The lowest BCUT2D eigenvalue weighted by molar-refractivity contribution is -0.201. The van der Waals surface area contributed by atoms with Crippen molar-refractivity contribution in [3.05, 3.63) is 78.9 Å². The van der Waals surface area contributed by atoms with Crippen molar-refractivity contribution < 1.29 is 23.2 Å². The molecule has 0 radical (unpaired) electrons. The first-order chi connectivity index (χ1) is 18.4. The maximum atomic E-state index is 13.5. The molecule has 0 saturated carbocycles. The minimum atomic E-state index is -1.30. The fourth-order valence-corrected chi connectivity index (χ4v) is 6.41. The second-order valence-electron chi connectivity index (χ2n) is 9.76. The van der Waals surface area contributed by atoms with E-state index in [0.29, 0.717) is 17.0 Å². The average molecular weight is 536 g/mol. The SMILES string of the molecule is CC1(C)O[C@@H]2[C@H](O1)C(COC[C@@H](c1ccccc1)[S@@](=O)c1ccccc1)O[C@H]2n1cnc2c(N)ncnc21. The third-order valence-electron chi connectivity index (χ3n) is 6.74. The quantitative estimate of drug-likeness (QED) is 0.362. The maximum absolute atomic E-state index is 13.5. The molecule has 0 amide bonds. The Bertz CT molecular complexity index is 1430. The van der Waals surface area contributed by atoms with E-state index in [4.69, 9.17) is 24.7 Å². The molecule has 2 saturated heterocycles. The van der Waals surface area contributed by atoms with Gasteiger partial charge in [-0.2, -0.15) is 0 Å². The van der Waals surface area contributed by atoms with Crippen LogP contribution in [0.4, 0.5) is 5.82 Å². The molecule has 10 nitrogen and oxygen atoms in total. The maximum Gasteiger partial charge on any atom is 0.167 e. The summed E-state index contributed by atoms with van der Waals surface area (Å²) in [5.41, 5.74) is 7.98. The first-order valence-electron chi connectivity index (χ1n) is 12.4. The molecule has 2 aliphatic rings. The molecule has 2 N–H and O–H groups in total. The van der Waals surface area contributed by atoms with Crippen molar-refractivity contribution in [1.82, 2.24) is 19.5 Å². The van der Waals surface area contributed by atoms with Gasteiger partial charge >= 0.3 is 0 Å². The van der Waals surface area contributed by atoms with Crippen LogP contribution in [0.1, 0.15) is 30.9 Å². The van der Waals surface area contributed by atoms with Gasteiger partial charge in [-0.25, -0.2) is 15.0 Å². The van der Waals surface area contributed by atoms with Gasteiger partial charge in [0.2, 0.25) is 0 Å². The van der Waals surface area contributed by atoms with E-state index in [9.17, 15) is 4.21 Å². The van der Waals surface area contributed by atoms with E-state index in [1.165, 1.54) is 6.33 Å². The highest BCUT2D eigenvalue weighted by Gasteiger charge is 2.56. The van der Waals surface area contributed by atoms with Crippen LogP contribution < -0.4 is 5.73 Å². The molecule has 4 aromatic rings. The summed E-state index contributed by atoms with van der Waals surface area (Å²) in [6, 6.07) is 19.2. The zero-order valence-corrected chi connectivity index (χ0v) is 21.9. The summed E-state index contributed by atoms with van der Waals surface area (Å²) in [5.74, 6) is -0.494. The third-order valence-corrected chi connectivity index (χ3v) is 8.41. The molecule has 2 aromatic carbocycles. The Balaban J connectivity index is 1.21. The van der Waals surface area contributed by atoms with Crippen molar-refractivity contribution in [2.75, 3.05) is 18.9 Å². The van der Waals surface area contributed by atoms with E-state index in [1.54, 1.807) is 10.9 Å². The van der Waals surface area contributed by atoms with Crippen LogP contribution >= 0.6 is 0 Å². The van der Waals surface area contributed by atoms with Gasteiger partial charge in [0.25, 0.3) is 0 Å². The predicted molar refractivity (Wildman–Crippen MR) is 140 cm³/mol. The number of hydrogen-bond donors (Lipinski definition) is 1. The molecular formula is C27H29N5O5S. The van der Waals surface area contributed by atoms with Crippen LogP contribution in [0.25, 0.3) is 11.2 Å². The summed E-state index contributed by atoms with van der Waals surface area (Å²) < 4.78 is 40.4. The second-order valence-corrected chi connectivity index (χ2v) is 11.4. The zero-order valence-electron chi connectivity index (χ0n) is 21.0. The van der Waals surface area contributed by atoms with Crippen molar-refractivity contribution in [1.29, 1.82) is 0 Å². The molecule has 0 spiro atoms. The summed E-state index contributed by atoms with van der Waals surface area (Å²) in [7, 11) is -1.30. The number of ether oxygens (including phenoxy) is 4. The predicted octanol–water partition coefficient (Wildman–Crippen LogP) is 3.39. The Morgan fingerprint density at radius 3 is 2.50 bits per heavy atom. The Morgan fingerprint density at radius 2 is 1.74 bits per heavy atom.